The van der Waals surface area contributed by atoms with Crippen LogP contribution >= 0.6 is 11.8 Å². The average molecular weight is 401 g/mol. The molecule has 5 nitrogen and oxygen atoms in total. The molecule has 1 amide bonds. The van der Waals surface area contributed by atoms with Crippen molar-refractivity contribution < 1.29 is 14.3 Å². The van der Waals surface area contributed by atoms with E-state index in [0.29, 0.717) is 35.5 Å². The average Bonchev–Trinajstić information content (AvgIpc) is 2.74. The SMILES string of the molecule is CCOc1cc(C(=O)NC2CCCC(SC)C2)ccc1OCc1ccncc1. The first-order valence-corrected chi connectivity index (χ1v) is 11.1. The standard InChI is InChI=1S/C22H28N2O3S/c1-3-26-21-13-17(22(25)24-18-5-4-6-19(14-18)28-2)7-8-20(21)27-15-16-9-11-23-12-10-16/h7-13,18-19H,3-6,14-15H2,1-2H3,(H,24,25). The number of rotatable bonds is 8. The third kappa shape index (κ3) is 5.64. The van der Waals surface area contributed by atoms with Gasteiger partial charge in [0.15, 0.2) is 11.5 Å². The molecule has 0 saturated heterocycles. The van der Waals surface area contributed by atoms with Crippen LogP contribution in [0, 0.1) is 0 Å². The van der Waals surface area contributed by atoms with Crippen molar-refractivity contribution in [2.75, 3.05) is 12.9 Å². The number of hydrogen-bond donors (Lipinski definition) is 1. The van der Waals surface area contributed by atoms with E-state index in [1.807, 2.05) is 36.9 Å². The zero-order valence-electron chi connectivity index (χ0n) is 16.5. The summed E-state index contributed by atoms with van der Waals surface area (Å²) in [6.45, 7) is 2.85. The fourth-order valence-electron chi connectivity index (χ4n) is 3.44. The molecule has 1 saturated carbocycles. The van der Waals surface area contributed by atoms with Crippen LogP contribution in [0.4, 0.5) is 0 Å². The lowest BCUT2D eigenvalue weighted by molar-refractivity contribution is 0.0928. The highest BCUT2D eigenvalue weighted by atomic mass is 32.2. The van der Waals surface area contributed by atoms with Crippen molar-refractivity contribution in [3.8, 4) is 11.5 Å². The van der Waals surface area contributed by atoms with Gasteiger partial charge in [0.1, 0.15) is 6.61 Å². The summed E-state index contributed by atoms with van der Waals surface area (Å²) in [5.74, 6) is 1.18. The van der Waals surface area contributed by atoms with E-state index in [4.69, 9.17) is 9.47 Å². The first-order chi connectivity index (χ1) is 13.7. The lowest BCUT2D eigenvalue weighted by Crippen LogP contribution is -2.39. The molecule has 1 aliphatic rings. The summed E-state index contributed by atoms with van der Waals surface area (Å²) < 4.78 is 11.6. The number of nitrogens with zero attached hydrogens (tertiary/aromatic N) is 1. The number of hydrogen-bond acceptors (Lipinski definition) is 5. The highest BCUT2D eigenvalue weighted by Gasteiger charge is 2.23. The smallest absolute Gasteiger partial charge is 0.251 e. The topological polar surface area (TPSA) is 60.5 Å². The zero-order chi connectivity index (χ0) is 19.8. The number of benzene rings is 1. The molecule has 28 heavy (non-hydrogen) atoms. The summed E-state index contributed by atoms with van der Waals surface area (Å²) in [6, 6.07) is 9.45. The van der Waals surface area contributed by atoms with Gasteiger partial charge in [-0.3, -0.25) is 9.78 Å². The lowest BCUT2D eigenvalue weighted by Gasteiger charge is -2.28. The summed E-state index contributed by atoms with van der Waals surface area (Å²) in [4.78, 5) is 16.7. The van der Waals surface area contributed by atoms with Crippen LogP contribution in [0.3, 0.4) is 0 Å². The van der Waals surface area contributed by atoms with Crippen LogP contribution < -0.4 is 14.8 Å². The molecule has 0 spiro atoms. The predicted octanol–water partition coefficient (Wildman–Crippen LogP) is 4.46. The van der Waals surface area contributed by atoms with Crippen molar-refractivity contribution in [2.45, 2.75) is 50.5 Å². The van der Waals surface area contributed by atoms with E-state index in [9.17, 15) is 4.79 Å². The first-order valence-electron chi connectivity index (χ1n) is 9.81. The number of pyridine rings is 1. The summed E-state index contributed by atoms with van der Waals surface area (Å²) in [5, 5.41) is 3.83. The Morgan fingerprint density at radius 3 is 2.75 bits per heavy atom. The Labute approximate surface area is 171 Å². The summed E-state index contributed by atoms with van der Waals surface area (Å²) in [5.41, 5.74) is 1.63. The summed E-state index contributed by atoms with van der Waals surface area (Å²) in [6.07, 6.45) is 10.1. The summed E-state index contributed by atoms with van der Waals surface area (Å²) >= 11 is 1.90. The van der Waals surface area contributed by atoms with Gasteiger partial charge in [0.2, 0.25) is 0 Å². The second-order valence-electron chi connectivity index (χ2n) is 6.93. The minimum Gasteiger partial charge on any atom is -0.490 e. The second-order valence-corrected chi connectivity index (χ2v) is 8.07. The monoisotopic (exact) mass is 400 g/mol. The molecule has 1 aromatic heterocycles. The maximum Gasteiger partial charge on any atom is 0.251 e. The van der Waals surface area contributed by atoms with Gasteiger partial charge < -0.3 is 14.8 Å². The van der Waals surface area contributed by atoms with Gasteiger partial charge in [-0.2, -0.15) is 11.8 Å². The maximum absolute atomic E-state index is 12.7. The van der Waals surface area contributed by atoms with Crippen LogP contribution in [0.15, 0.2) is 42.7 Å². The van der Waals surface area contributed by atoms with E-state index >= 15 is 0 Å². The Morgan fingerprint density at radius 2 is 2.00 bits per heavy atom. The number of carbonyl (C=O) groups excluding carboxylic acids is 1. The number of thioether (sulfide) groups is 1. The normalized spacial score (nSPS) is 19.1. The maximum atomic E-state index is 12.7. The van der Waals surface area contributed by atoms with Crippen molar-refractivity contribution in [2.24, 2.45) is 0 Å². The second kappa shape index (κ2) is 10.4. The molecular weight excluding hydrogens is 372 g/mol. The van der Waals surface area contributed by atoms with Crippen LogP contribution in [0.1, 0.15) is 48.5 Å². The van der Waals surface area contributed by atoms with E-state index < -0.39 is 0 Å². The molecule has 2 aromatic rings. The third-order valence-electron chi connectivity index (χ3n) is 4.94. The van der Waals surface area contributed by atoms with Crippen LogP contribution in [-0.2, 0) is 6.61 Å². The summed E-state index contributed by atoms with van der Waals surface area (Å²) in [7, 11) is 0. The van der Waals surface area contributed by atoms with E-state index in [1.165, 1.54) is 12.8 Å². The van der Waals surface area contributed by atoms with Gasteiger partial charge in [0.05, 0.1) is 6.61 Å². The number of carbonyl (C=O) groups is 1. The molecule has 1 heterocycles. The van der Waals surface area contributed by atoms with Crippen LogP contribution in [0.2, 0.25) is 0 Å². The van der Waals surface area contributed by atoms with Gasteiger partial charge in [-0.05, 0) is 68.3 Å². The van der Waals surface area contributed by atoms with Crippen molar-refractivity contribution in [3.05, 3.63) is 53.9 Å². The first kappa shape index (κ1) is 20.5. The van der Waals surface area contributed by atoms with Crippen LogP contribution in [0.5, 0.6) is 11.5 Å². The molecule has 2 atom stereocenters. The molecular formula is C22H28N2O3S. The van der Waals surface area contributed by atoms with E-state index in [2.05, 4.69) is 16.6 Å². The molecule has 1 aliphatic carbocycles. The minimum absolute atomic E-state index is 0.0478. The van der Waals surface area contributed by atoms with Gasteiger partial charge in [0.25, 0.3) is 5.91 Å². The molecule has 1 aromatic carbocycles. The quantitative estimate of drug-likeness (QED) is 0.709. The van der Waals surface area contributed by atoms with Crippen molar-refractivity contribution in [1.82, 2.24) is 10.3 Å². The number of nitrogens with one attached hydrogen (secondary N) is 1. The Morgan fingerprint density at radius 1 is 1.18 bits per heavy atom. The van der Waals surface area contributed by atoms with E-state index in [-0.39, 0.29) is 11.9 Å². The van der Waals surface area contributed by atoms with Gasteiger partial charge in [0, 0.05) is 29.2 Å². The molecule has 150 valence electrons. The largest absolute Gasteiger partial charge is 0.490 e. The minimum atomic E-state index is -0.0478. The Kier molecular flexibility index (Phi) is 7.60. The molecule has 1 N–H and O–H groups in total. The zero-order valence-corrected chi connectivity index (χ0v) is 17.3. The third-order valence-corrected chi connectivity index (χ3v) is 6.04. The Bertz CT molecular complexity index is 770. The highest BCUT2D eigenvalue weighted by Crippen LogP contribution is 2.30. The van der Waals surface area contributed by atoms with Crippen molar-refractivity contribution >= 4 is 17.7 Å². The van der Waals surface area contributed by atoms with E-state index in [1.54, 1.807) is 24.5 Å². The molecule has 2 unspecified atom stereocenters. The van der Waals surface area contributed by atoms with Crippen molar-refractivity contribution in [3.63, 3.8) is 0 Å². The highest BCUT2D eigenvalue weighted by molar-refractivity contribution is 7.99. The number of ether oxygens (including phenoxy) is 2. The van der Waals surface area contributed by atoms with E-state index in [0.717, 1.165) is 18.4 Å². The molecule has 0 aliphatic heterocycles. The van der Waals surface area contributed by atoms with Gasteiger partial charge in [-0.1, -0.05) is 6.42 Å². The van der Waals surface area contributed by atoms with Gasteiger partial charge >= 0.3 is 0 Å². The lowest BCUT2D eigenvalue weighted by atomic mass is 9.94. The molecule has 0 radical (unpaired) electrons. The fourth-order valence-corrected chi connectivity index (χ4v) is 4.26. The fraction of sp³-hybridized carbons (Fsp3) is 0.455. The van der Waals surface area contributed by atoms with Gasteiger partial charge in [-0.25, -0.2) is 0 Å². The molecule has 3 rings (SSSR count). The van der Waals surface area contributed by atoms with Gasteiger partial charge in [-0.15, -0.1) is 0 Å². The Hall–Kier alpha value is -2.21. The molecule has 0 bridgehead atoms. The van der Waals surface area contributed by atoms with Crippen LogP contribution in [0.25, 0.3) is 0 Å². The number of aromatic nitrogens is 1. The Balaban J connectivity index is 1.66. The molecule has 6 heteroatoms. The predicted molar refractivity (Wildman–Crippen MR) is 113 cm³/mol. The van der Waals surface area contributed by atoms with Crippen molar-refractivity contribution in [1.29, 1.82) is 0 Å². The van der Waals surface area contributed by atoms with Crippen LogP contribution in [-0.4, -0.2) is 35.0 Å². The molecule has 1 fully saturated rings. The number of amides is 1.